The summed E-state index contributed by atoms with van der Waals surface area (Å²) in [4.78, 5) is 24.8. The molecule has 2 N–H and O–H groups in total. The molecule has 0 aliphatic carbocycles. The standard InChI is InChI=1S/C12H19N5O3/c1-8(2)5-9(11(18)19)14-12(20)16-3-4-17-7-13-15-10(17)6-16/h7-9H,3-6H2,1-2H3,(H,14,20)(H,18,19)/t9-/m0/s1. The molecule has 0 radical (unpaired) electrons. The molecule has 1 atom stereocenters. The molecule has 8 nitrogen and oxygen atoms in total. The van der Waals surface area contributed by atoms with Crippen LogP contribution in [-0.2, 0) is 17.9 Å². The molecule has 0 spiro atoms. The predicted octanol–water partition coefficient (Wildman–Crippen LogP) is 0.303. The first-order valence-electron chi connectivity index (χ1n) is 6.62. The maximum Gasteiger partial charge on any atom is 0.326 e. The molecule has 0 bridgehead atoms. The second kappa shape index (κ2) is 5.89. The summed E-state index contributed by atoms with van der Waals surface area (Å²) >= 11 is 0. The van der Waals surface area contributed by atoms with E-state index in [2.05, 4.69) is 15.5 Å². The molecule has 1 aromatic heterocycles. The third kappa shape index (κ3) is 3.25. The zero-order chi connectivity index (χ0) is 14.7. The molecular weight excluding hydrogens is 262 g/mol. The smallest absolute Gasteiger partial charge is 0.326 e. The van der Waals surface area contributed by atoms with Crippen molar-refractivity contribution in [3.63, 3.8) is 0 Å². The van der Waals surface area contributed by atoms with Gasteiger partial charge in [0.15, 0.2) is 5.82 Å². The molecule has 110 valence electrons. The molecule has 2 rings (SSSR count). The topological polar surface area (TPSA) is 100 Å². The van der Waals surface area contributed by atoms with E-state index in [-0.39, 0.29) is 11.9 Å². The van der Waals surface area contributed by atoms with Gasteiger partial charge in [0.05, 0.1) is 6.54 Å². The Hall–Kier alpha value is -2.12. The Morgan fingerprint density at radius 3 is 2.85 bits per heavy atom. The van der Waals surface area contributed by atoms with Crippen LogP contribution in [0.25, 0.3) is 0 Å². The van der Waals surface area contributed by atoms with Crippen LogP contribution < -0.4 is 5.32 Å². The van der Waals surface area contributed by atoms with Crippen molar-refractivity contribution in [1.82, 2.24) is 25.0 Å². The van der Waals surface area contributed by atoms with E-state index in [1.807, 2.05) is 18.4 Å². The number of aliphatic carboxylic acids is 1. The van der Waals surface area contributed by atoms with Gasteiger partial charge in [-0.1, -0.05) is 13.8 Å². The predicted molar refractivity (Wildman–Crippen MR) is 69.8 cm³/mol. The number of aromatic nitrogens is 3. The van der Waals surface area contributed by atoms with Crippen LogP contribution in [0.4, 0.5) is 4.79 Å². The van der Waals surface area contributed by atoms with Gasteiger partial charge in [0.1, 0.15) is 12.4 Å². The summed E-state index contributed by atoms with van der Waals surface area (Å²) in [6.07, 6.45) is 2.04. The number of carboxylic acid groups (broad SMARTS) is 1. The minimum absolute atomic E-state index is 0.195. The number of hydrogen-bond donors (Lipinski definition) is 2. The van der Waals surface area contributed by atoms with Crippen LogP contribution >= 0.6 is 0 Å². The molecule has 0 aromatic carbocycles. The third-order valence-electron chi connectivity index (χ3n) is 3.23. The monoisotopic (exact) mass is 281 g/mol. The SMILES string of the molecule is CC(C)C[C@H](NC(=O)N1CCn2cnnc2C1)C(=O)O. The lowest BCUT2D eigenvalue weighted by molar-refractivity contribution is -0.139. The summed E-state index contributed by atoms with van der Waals surface area (Å²) in [6.45, 7) is 5.33. The summed E-state index contributed by atoms with van der Waals surface area (Å²) < 4.78 is 1.88. The Morgan fingerprint density at radius 1 is 1.45 bits per heavy atom. The lowest BCUT2D eigenvalue weighted by Gasteiger charge is -2.28. The average Bonchev–Trinajstić information content (AvgIpc) is 2.84. The number of urea groups is 1. The molecule has 0 unspecified atom stereocenters. The van der Waals surface area contributed by atoms with Gasteiger partial charge in [-0.2, -0.15) is 0 Å². The van der Waals surface area contributed by atoms with Gasteiger partial charge in [-0.3, -0.25) is 0 Å². The quantitative estimate of drug-likeness (QED) is 0.827. The zero-order valence-corrected chi connectivity index (χ0v) is 11.6. The van der Waals surface area contributed by atoms with Gasteiger partial charge in [0.25, 0.3) is 0 Å². The maximum absolute atomic E-state index is 12.1. The summed E-state index contributed by atoms with van der Waals surface area (Å²) in [5.74, 6) is -0.102. The van der Waals surface area contributed by atoms with E-state index >= 15 is 0 Å². The first-order valence-corrected chi connectivity index (χ1v) is 6.62. The molecule has 0 saturated carbocycles. The fourth-order valence-corrected chi connectivity index (χ4v) is 2.17. The Bertz CT molecular complexity index is 499. The Balaban J connectivity index is 1.96. The largest absolute Gasteiger partial charge is 0.480 e. The normalized spacial score (nSPS) is 15.8. The first kappa shape index (κ1) is 14.3. The second-order valence-corrected chi connectivity index (χ2v) is 5.33. The van der Waals surface area contributed by atoms with Crippen molar-refractivity contribution < 1.29 is 14.7 Å². The summed E-state index contributed by atoms with van der Waals surface area (Å²) in [5.41, 5.74) is 0. The maximum atomic E-state index is 12.1. The van der Waals surface area contributed by atoms with E-state index in [0.29, 0.717) is 31.9 Å². The van der Waals surface area contributed by atoms with Crippen molar-refractivity contribution in [1.29, 1.82) is 0 Å². The van der Waals surface area contributed by atoms with E-state index < -0.39 is 12.0 Å². The first-order chi connectivity index (χ1) is 9.47. The second-order valence-electron chi connectivity index (χ2n) is 5.33. The van der Waals surface area contributed by atoms with Gasteiger partial charge in [0, 0.05) is 13.1 Å². The summed E-state index contributed by atoms with van der Waals surface area (Å²) in [7, 11) is 0. The van der Waals surface area contributed by atoms with Crippen LogP contribution in [0.5, 0.6) is 0 Å². The highest BCUT2D eigenvalue weighted by Crippen LogP contribution is 2.10. The van der Waals surface area contributed by atoms with E-state index in [9.17, 15) is 9.59 Å². The van der Waals surface area contributed by atoms with Crippen molar-refractivity contribution >= 4 is 12.0 Å². The molecule has 1 aliphatic rings. The number of carbonyl (C=O) groups is 2. The van der Waals surface area contributed by atoms with Gasteiger partial charge in [0.2, 0.25) is 0 Å². The Morgan fingerprint density at radius 2 is 2.20 bits per heavy atom. The molecule has 1 aliphatic heterocycles. The number of nitrogens with one attached hydrogen (secondary N) is 1. The lowest BCUT2D eigenvalue weighted by atomic mass is 10.0. The van der Waals surface area contributed by atoms with Crippen LogP contribution in [0, 0.1) is 5.92 Å². The molecular formula is C12H19N5O3. The zero-order valence-electron chi connectivity index (χ0n) is 11.6. The van der Waals surface area contributed by atoms with Crippen LogP contribution in [0.2, 0.25) is 0 Å². The van der Waals surface area contributed by atoms with Gasteiger partial charge >= 0.3 is 12.0 Å². The number of carbonyl (C=O) groups excluding carboxylic acids is 1. The van der Waals surface area contributed by atoms with Crippen molar-refractivity contribution in [2.45, 2.75) is 39.4 Å². The van der Waals surface area contributed by atoms with Crippen LogP contribution in [0.15, 0.2) is 6.33 Å². The van der Waals surface area contributed by atoms with Crippen LogP contribution in [0.3, 0.4) is 0 Å². The highest BCUT2D eigenvalue weighted by atomic mass is 16.4. The molecule has 20 heavy (non-hydrogen) atoms. The van der Waals surface area contributed by atoms with E-state index in [0.717, 1.165) is 0 Å². The lowest BCUT2D eigenvalue weighted by Crippen LogP contribution is -2.50. The fraction of sp³-hybridized carbons (Fsp3) is 0.667. The van der Waals surface area contributed by atoms with E-state index in [1.54, 1.807) is 11.2 Å². The number of rotatable bonds is 4. The van der Waals surface area contributed by atoms with Crippen molar-refractivity contribution in [2.75, 3.05) is 6.54 Å². The minimum atomic E-state index is -1.01. The Kier molecular flexibility index (Phi) is 4.21. The van der Waals surface area contributed by atoms with Crippen molar-refractivity contribution in [3.8, 4) is 0 Å². The number of carboxylic acids is 1. The van der Waals surface area contributed by atoms with Gasteiger partial charge in [-0.05, 0) is 12.3 Å². The average molecular weight is 281 g/mol. The van der Waals surface area contributed by atoms with Gasteiger partial charge < -0.3 is 19.9 Å². The Labute approximate surface area is 116 Å². The summed E-state index contributed by atoms with van der Waals surface area (Å²) in [6, 6.07) is -1.23. The van der Waals surface area contributed by atoms with Crippen LogP contribution in [0.1, 0.15) is 26.1 Å². The number of nitrogens with zero attached hydrogens (tertiary/aromatic N) is 4. The molecule has 8 heteroatoms. The minimum Gasteiger partial charge on any atom is -0.480 e. The van der Waals surface area contributed by atoms with Crippen molar-refractivity contribution in [2.24, 2.45) is 5.92 Å². The van der Waals surface area contributed by atoms with Gasteiger partial charge in [-0.15, -0.1) is 10.2 Å². The number of hydrogen-bond acceptors (Lipinski definition) is 4. The summed E-state index contributed by atoms with van der Waals surface area (Å²) in [5, 5.41) is 19.4. The molecule has 0 fully saturated rings. The molecule has 2 heterocycles. The highest BCUT2D eigenvalue weighted by molar-refractivity contribution is 5.82. The van der Waals surface area contributed by atoms with Crippen molar-refractivity contribution in [3.05, 3.63) is 12.2 Å². The molecule has 1 aromatic rings. The number of amides is 2. The number of fused-ring (bicyclic) bond motifs is 1. The highest BCUT2D eigenvalue weighted by Gasteiger charge is 2.26. The fourth-order valence-electron chi connectivity index (χ4n) is 2.17. The molecule has 0 saturated heterocycles. The van der Waals surface area contributed by atoms with Crippen LogP contribution in [-0.4, -0.2) is 49.4 Å². The third-order valence-corrected chi connectivity index (χ3v) is 3.23. The van der Waals surface area contributed by atoms with E-state index in [4.69, 9.17) is 5.11 Å². The molecule has 2 amide bonds. The van der Waals surface area contributed by atoms with E-state index in [1.165, 1.54) is 0 Å². The van der Waals surface area contributed by atoms with Gasteiger partial charge in [-0.25, -0.2) is 9.59 Å².